The van der Waals surface area contributed by atoms with Gasteiger partial charge in [-0.2, -0.15) is 0 Å². The van der Waals surface area contributed by atoms with Crippen molar-refractivity contribution in [2.75, 3.05) is 0 Å². The van der Waals surface area contributed by atoms with Crippen LogP contribution in [-0.4, -0.2) is 4.57 Å². The monoisotopic (exact) mass is 475 g/mol. The highest BCUT2D eigenvalue weighted by molar-refractivity contribution is 7.26. The van der Waals surface area contributed by atoms with Gasteiger partial charge in [-0.3, -0.25) is 0 Å². The number of fused-ring (bicyclic) bond motifs is 8. The molecule has 168 valence electrons. The van der Waals surface area contributed by atoms with Crippen LogP contribution in [0.1, 0.15) is 0 Å². The van der Waals surface area contributed by atoms with Crippen LogP contribution in [0.3, 0.4) is 0 Å². The quantitative estimate of drug-likeness (QED) is 0.234. The van der Waals surface area contributed by atoms with Crippen LogP contribution in [0.4, 0.5) is 0 Å². The molecule has 6 aromatic carbocycles. The Morgan fingerprint density at radius 1 is 0.444 bits per heavy atom. The first-order chi connectivity index (χ1) is 17.9. The molecular formula is C34H21NS. The molecule has 0 N–H and O–H groups in total. The first-order valence-electron chi connectivity index (χ1n) is 12.3. The van der Waals surface area contributed by atoms with Gasteiger partial charge >= 0.3 is 0 Å². The summed E-state index contributed by atoms with van der Waals surface area (Å²) in [6.45, 7) is 0. The predicted molar refractivity (Wildman–Crippen MR) is 157 cm³/mol. The first kappa shape index (κ1) is 19.9. The molecule has 1 nitrogen and oxygen atoms in total. The predicted octanol–water partition coefficient (Wildman–Crippen LogP) is 9.97. The van der Waals surface area contributed by atoms with Gasteiger partial charge in [0.15, 0.2) is 0 Å². The van der Waals surface area contributed by atoms with Crippen molar-refractivity contribution in [3.63, 3.8) is 0 Å². The van der Waals surface area contributed by atoms with E-state index in [9.17, 15) is 0 Å². The zero-order valence-corrected chi connectivity index (χ0v) is 20.3. The minimum absolute atomic E-state index is 1.22. The minimum atomic E-state index is 1.22. The third kappa shape index (κ3) is 2.76. The van der Waals surface area contributed by atoms with Gasteiger partial charge in [-0.05, 0) is 52.9 Å². The summed E-state index contributed by atoms with van der Waals surface area (Å²) in [7, 11) is 0. The topological polar surface area (TPSA) is 4.93 Å². The van der Waals surface area contributed by atoms with Gasteiger partial charge in [-0.15, -0.1) is 11.3 Å². The third-order valence-corrected chi connectivity index (χ3v) is 8.52. The Bertz CT molecular complexity index is 2090. The van der Waals surface area contributed by atoms with Crippen molar-refractivity contribution in [2.45, 2.75) is 0 Å². The summed E-state index contributed by atoms with van der Waals surface area (Å²) in [6, 6.07) is 46.4. The summed E-state index contributed by atoms with van der Waals surface area (Å²) in [5.74, 6) is 0. The fourth-order valence-electron chi connectivity index (χ4n) is 5.80. The largest absolute Gasteiger partial charge is 0.309 e. The zero-order valence-electron chi connectivity index (χ0n) is 19.5. The summed E-state index contributed by atoms with van der Waals surface area (Å²) in [5.41, 5.74) is 6.20. The number of aromatic nitrogens is 1. The highest BCUT2D eigenvalue weighted by atomic mass is 32.1. The van der Waals surface area contributed by atoms with E-state index in [1.54, 1.807) is 0 Å². The number of benzene rings is 6. The number of rotatable bonds is 2. The van der Waals surface area contributed by atoms with Crippen LogP contribution < -0.4 is 0 Å². The molecule has 8 rings (SSSR count). The van der Waals surface area contributed by atoms with Crippen molar-refractivity contribution >= 4 is 64.1 Å². The molecular weight excluding hydrogens is 454 g/mol. The van der Waals surface area contributed by atoms with Crippen LogP contribution in [0.25, 0.3) is 69.6 Å². The Kier molecular flexibility index (Phi) is 4.16. The Morgan fingerprint density at radius 3 is 2.11 bits per heavy atom. The Morgan fingerprint density at radius 2 is 1.19 bits per heavy atom. The minimum Gasteiger partial charge on any atom is -0.309 e. The fourth-order valence-corrected chi connectivity index (χ4v) is 6.91. The molecule has 0 spiro atoms. The van der Waals surface area contributed by atoms with E-state index >= 15 is 0 Å². The van der Waals surface area contributed by atoms with Crippen molar-refractivity contribution in [1.29, 1.82) is 0 Å². The van der Waals surface area contributed by atoms with Crippen molar-refractivity contribution in [3.05, 3.63) is 127 Å². The molecule has 0 atom stereocenters. The normalized spacial score (nSPS) is 11.9. The lowest BCUT2D eigenvalue weighted by Crippen LogP contribution is -1.95. The summed E-state index contributed by atoms with van der Waals surface area (Å²) in [5, 5.41) is 7.86. The third-order valence-electron chi connectivity index (χ3n) is 7.38. The molecule has 36 heavy (non-hydrogen) atoms. The molecule has 2 heterocycles. The van der Waals surface area contributed by atoms with Crippen molar-refractivity contribution < 1.29 is 0 Å². The van der Waals surface area contributed by atoms with E-state index in [1.165, 1.54) is 69.6 Å². The van der Waals surface area contributed by atoms with Gasteiger partial charge in [0, 0.05) is 36.3 Å². The zero-order chi connectivity index (χ0) is 23.6. The molecule has 2 aromatic heterocycles. The second-order valence-corrected chi connectivity index (χ2v) is 10.4. The van der Waals surface area contributed by atoms with Gasteiger partial charge in [-0.1, -0.05) is 91.0 Å². The molecule has 0 aliphatic heterocycles. The fraction of sp³-hybridized carbons (Fsp3) is 0. The standard InChI is InChI=1S/C34H21NS/c1-2-9-22(10-3-1)24-17-18-29-27(21-24)33-30(19-20-32-34(33)26-14-6-7-16-31(26)36-32)35(29)28-15-8-12-23-11-4-5-13-25(23)28/h1-21H. The highest BCUT2D eigenvalue weighted by Crippen LogP contribution is 2.44. The average molecular weight is 476 g/mol. The molecule has 0 bridgehead atoms. The van der Waals surface area contributed by atoms with Gasteiger partial charge < -0.3 is 4.57 Å². The summed E-state index contributed by atoms with van der Waals surface area (Å²) >= 11 is 1.88. The molecule has 0 aliphatic carbocycles. The van der Waals surface area contributed by atoms with Crippen LogP contribution in [0, 0.1) is 0 Å². The van der Waals surface area contributed by atoms with Crippen LogP contribution in [-0.2, 0) is 0 Å². The van der Waals surface area contributed by atoms with E-state index in [2.05, 4.69) is 132 Å². The van der Waals surface area contributed by atoms with Gasteiger partial charge in [0.1, 0.15) is 0 Å². The number of hydrogen-bond acceptors (Lipinski definition) is 1. The summed E-state index contributed by atoms with van der Waals surface area (Å²) < 4.78 is 5.14. The second-order valence-electron chi connectivity index (χ2n) is 9.36. The molecule has 0 amide bonds. The van der Waals surface area contributed by atoms with E-state index < -0.39 is 0 Å². The van der Waals surface area contributed by atoms with Crippen LogP contribution in [0.5, 0.6) is 0 Å². The Balaban J connectivity index is 1.59. The number of nitrogens with zero attached hydrogens (tertiary/aromatic N) is 1. The molecule has 2 heteroatoms. The smallest absolute Gasteiger partial charge is 0.0548 e. The average Bonchev–Trinajstić information content (AvgIpc) is 3.48. The lowest BCUT2D eigenvalue weighted by molar-refractivity contribution is 1.20. The SMILES string of the molecule is c1ccc(-c2ccc3c(c2)c2c4c(ccc2n3-c2cccc3ccccc23)sc2ccccc24)cc1. The highest BCUT2D eigenvalue weighted by Gasteiger charge is 2.19. The maximum absolute atomic E-state index is 2.47. The van der Waals surface area contributed by atoms with Crippen LogP contribution in [0.2, 0.25) is 0 Å². The van der Waals surface area contributed by atoms with Gasteiger partial charge in [0.05, 0.1) is 16.7 Å². The first-order valence-corrected chi connectivity index (χ1v) is 13.1. The Labute approximate surface area is 212 Å². The van der Waals surface area contributed by atoms with Crippen molar-refractivity contribution in [3.8, 4) is 16.8 Å². The van der Waals surface area contributed by atoms with E-state index in [0.29, 0.717) is 0 Å². The van der Waals surface area contributed by atoms with E-state index in [-0.39, 0.29) is 0 Å². The molecule has 0 saturated carbocycles. The van der Waals surface area contributed by atoms with Crippen LogP contribution >= 0.6 is 11.3 Å². The number of thiophene rings is 1. The molecule has 0 unspecified atom stereocenters. The van der Waals surface area contributed by atoms with E-state index in [4.69, 9.17) is 0 Å². The molecule has 0 saturated heterocycles. The Hall–Kier alpha value is -4.40. The van der Waals surface area contributed by atoms with Crippen molar-refractivity contribution in [1.82, 2.24) is 4.57 Å². The molecule has 0 radical (unpaired) electrons. The van der Waals surface area contributed by atoms with E-state index in [1.807, 2.05) is 11.3 Å². The maximum Gasteiger partial charge on any atom is 0.0548 e. The van der Waals surface area contributed by atoms with Gasteiger partial charge in [0.2, 0.25) is 0 Å². The lowest BCUT2D eigenvalue weighted by atomic mass is 10.0. The van der Waals surface area contributed by atoms with Gasteiger partial charge in [-0.25, -0.2) is 0 Å². The van der Waals surface area contributed by atoms with Gasteiger partial charge in [0.25, 0.3) is 0 Å². The van der Waals surface area contributed by atoms with E-state index in [0.717, 1.165) is 0 Å². The summed E-state index contributed by atoms with van der Waals surface area (Å²) in [6.07, 6.45) is 0. The lowest BCUT2D eigenvalue weighted by Gasteiger charge is -2.12. The second kappa shape index (κ2) is 7.55. The van der Waals surface area contributed by atoms with Crippen LogP contribution in [0.15, 0.2) is 127 Å². The molecule has 8 aromatic rings. The molecule has 0 fully saturated rings. The summed E-state index contributed by atoms with van der Waals surface area (Å²) in [4.78, 5) is 0. The number of hydrogen-bond donors (Lipinski definition) is 0. The van der Waals surface area contributed by atoms with Crippen molar-refractivity contribution in [2.24, 2.45) is 0 Å². The molecule has 0 aliphatic rings. The maximum atomic E-state index is 2.47.